The lowest BCUT2D eigenvalue weighted by Crippen LogP contribution is -2.12. The van der Waals surface area contributed by atoms with Gasteiger partial charge in [0.2, 0.25) is 0 Å². The average Bonchev–Trinajstić information content (AvgIpc) is 2.93. The van der Waals surface area contributed by atoms with Gasteiger partial charge in [0.25, 0.3) is 0 Å². The fourth-order valence-corrected chi connectivity index (χ4v) is 1.96. The molecule has 1 fully saturated rings. The summed E-state index contributed by atoms with van der Waals surface area (Å²) in [5.74, 6) is 0.721. The van der Waals surface area contributed by atoms with Gasteiger partial charge in [0.15, 0.2) is 0 Å². The van der Waals surface area contributed by atoms with Crippen LogP contribution >= 0.6 is 0 Å². The Morgan fingerprint density at radius 1 is 1.47 bits per heavy atom. The van der Waals surface area contributed by atoms with Gasteiger partial charge in [-0.05, 0) is 18.9 Å². The summed E-state index contributed by atoms with van der Waals surface area (Å²) in [5.41, 5.74) is 3.59. The second kappa shape index (κ2) is 4.33. The molecule has 5 heteroatoms. The maximum Gasteiger partial charge on any atom is 0.0656 e. The van der Waals surface area contributed by atoms with Crippen LogP contribution in [0.1, 0.15) is 35.7 Å². The van der Waals surface area contributed by atoms with Crippen LogP contribution in [0.15, 0.2) is 18.5 Å². The van der Waals surface area contributed by atoms with Crippen molar-refractivity contribution in [3.63, 3.8) is 0 Å². The van der Waals surface area contributed by atoms with E-state index in [-0.39, 0.29) is 0 Å². The molecule has 2 N–H and O–H groups in total. The molecule has 3 rings (SSSR count). The number of aromatic amines is 1. The highest BCUT2D eigenvalue weighted by atomic mass is 15.2. The maximum atomic E-state index is 4.33. The van der Waals surface area contributed by atoms with E-state index >= 15 is 0 Å². The summed E-state index contributed by atoms with van der Waals surface area (Å²) in [6, 6.07) is 2.17. The third-order valence-electron chi connectivity index (χ3n) is 3.05. The monoisotopic (exact) mass is 231 g/mol. The Morgan fingerprint density at radius 2 is 2.35 bits per heavy atom. The lowest BCUT2D eigenvalue weighted by Gasteiger charge is -1.99. The van der Waals surface area contributed by atoms with E-state index in [1.807, 2.05) is 24.1 Å². The Kier molecular flexibility index (Phi) is 2.68. The number of aromatic nitrogens is 4. The lowest BCUT2D eigenvalue weighted by molar-refractivity contribution is 0.676. The molecule has 1 aliphatic rings. The average molecular weight is 231 g/mol. The molecule has 1 saturated carbocycles. The van der Waals surface area contributed by atoms with Crippen molar-refractivity contribution in [1.82, 2.24) is 25.3 Å². The molecule has 2 aromatic heterocycles. The molecule has 0 unspecified atom stereocenters. The van der Waals surface area contributed by atoms with Gasteiger partial charge in [0, 0.05) is 43.5 Å². The minimum absolute atomic E-state index is 0.721. The zero-order chi connectivity index (χ0) is 11.7. The first-order valence-electron chi connectivity index (χ1n) is 6.03. The Labute approximate surface area is 100 Å². The molecule has 2 aromatic rings. The summed E-state index contributed by atoms with van der Waals surface area (Å²) in [7, 11) is 1.93. The molecular weight excluding hydrogens is 214 g/mol. The quantitative estimate of drug-likeness (QED) is 0.815. The Morgan fingerprint density at radius 3 is 3.06 bits per heavy atom. The topological polar surface area (TPSA) is 58.5 Å². The number of H-pyrrole nitrogens is 1. The number of aryl methyl sites for hydroxylation is 1. The largest absolute Gasteiger partial charge is 0.307 e. The molecule has 0 amide bonds. The summed E-state index contributed by atoms with van der Waals surface area (Å²) >= 11 is 0. The molecule has 0 atom stereocenters. The van der Waals surface area contributed by atoms with Gasteiger partial charge in [-0.25, -0.2) is 0 Å². The van der Waals surface area contributed by atoms with Crippen molar-refractivity contribution in [3.05, 3.63) is 35.4 Å². The first kappa shape index (κ1) is 10.5. The van der Waals surface area contributed by atoms with Gasteiger partial charge in [-0.3, -0.25) is 9.78 Å². The first-order valence-corrected chi connectivity index (χ1v) is 6.03. The van der Waals surface area contributed by atoms with Crippen LogP contribution in [0.2, 0.25) is 0 Å². The van der Waals surface area contributed by atoms with Crippen LogP contribution in [0, 0.1) is 0 Å². The van der Waals surface area contributed by atoms with Crippen molar-refractivity contribution >= 4 is 0 Å². The van der Waals surface area contributed by atoms with Gasteiger partial charge in [-0.1, -0.05) is 0 Å². The number of nitrogens with one attached hydrogen (secondary N) is 2. The molecule has 0 aromatic carbocycles. The molecule has 90 valence electrons. The summed E-state index contributed by atoms with van der Waals surface area (Å²) in [4.78, 5) is 0. The van der Waals surface area contributed by atoms with Crippen molar-refractivity contribution in [2.24, 2.45) is 7.05 Å². The summed E-state index contributed by atoms with van der Waals surface area (Å²) in [6.45, 7) is 1.67. The molecule has 0 saturated heterocycles. The molecule has 1 aliphatic carbocycles. The molecule has 5 nitrogen and oxygen atoms in total. The minimum Gasteiger partial charge on any atom is -0.307 e. The second-order valence-corrected chi connectivity index (χ2v) is 4.72. The van der Waals surface area contributed by atoms with Crippen LogP contribution in [0.5, 0.6) is 0 Å². The normalized spacial score (nSPS) is 15.4. The number of hydrogen-bond acceptors (Lipinski definition) is 3. The van der Waals surface area contributed by atoms with E-state index in [0.29, 0.717) is 0 Å². The van der Waals surface area contributed by atoms with Crippen LogP contribution in [-0.2, 0) is 20.1 Å². The van der Waals surface area contributed by atoms with Crippen LogP contribution < -0.4 is 5.32 Å². The highest BCUT2D eigenvalue weighted by Gasteiger charge is 2.25. The molecule has 0 bridgehead atoms. The second-order valence-electron chi connectivity index (χ2n) is 4.72. The fourth-order valence-electron chi connectivity index (χ4n) is 1.96. The van der Waals surface area contributed by atoms with Gasteiger partial charge in [-0.15, -0.1) is 0 Å². The zero-order valence-corrected chi connectivity index (χ0v) is 9.98. The van der Waals surface area contributed by atoms with E-state index in [0.717, 1.165) is 24.7 Å². The molecule has 0 aliphatic heterocycles. The standard InChI is InChI=1S/C12H17N5/c1-17-8-9(6-14-17)5-13-7-11-4-12(16-15-11)10-2-3-10/h4,6,8,10,13H,2-3,5,7H2,1H3,(H,15,16). The van der Waals surface area contributed by atoms with Gasteiger partial charge < -0.3 is 5.32 Å². The third-order valence-corrected chi connectivity index (χ3v) is 3.05. The van der Waals surface area contributed by atoms with Crippen molar-refractivity contribution < 1.29 is 0 Å². The highest BCUT2D eigenvalue weighted by molar-refractivity contribution is 5.17. The van der Waals surface area contributed by atoms with Crippen LogP contribution in [0.4, 0.5) is 0 Å². The highest BCUT2D eigenvalue weighted by Crippen LogP contribution is 2.38. The van der Waals surface area contributed by atoms with Crippen molar-refractivity contribution in [3.8, 4) is 0 Å². The van der Waals surface area contributed by atoms with E-state index in [1.165, 1.54) is 24.1 Å². The third kappa shape index (κ3) is 2.55. The predicted octanol–water partition coefficient (Wildman–Crippen LogP) is 1.31. The number of hydrogen-bond donors (Lipinski definition) is 2. The van der Waals surface area contributed by atoms with E-state index in [2.05, 4.69) is 26.7 Å². The van der Waals surface area contributed by atoms with Gasteiger partial charge >= 0.3 is 0 Å². The molecule has 0 radical (unpaired) electrons. The Balaban J connectivity index is 1.49. The van der Waals surface area contributed by atoms with Crippen molar-refractivity contribution in [2.45, 2.75) is 31.8 Å². The van der Waals surface area contributed by atoms with E-state index in [4.69, 9.17) is 0 Å². The SMILES string of the molecule is Cn1cc(CNCc2cc(C3CC3)n[nH]2)cn1. The first-order chi connectivity index (χ1) is 8.31. The predicted molar refractivity (Wildman–Crippen MR) is 64.3 cm³/mol. The van der Waals surface area contributed by atoms with Crippen LogP contribution in [-0.4, -0.2) is 20.0 Å². The molecular formula is C12H17N5. The summed E-state index contributed by atoms with van der Waals surface area (Å²) < 4.78 is 1.82. The Bertz CT molecular complexity index is 494. The van der Waals surface area contributed by atoms with Gasteiger partial charge in [0.05, 0.1) is 11.9 Å². The molecule has 2 heterocycles. The summed E-state index contributed by atoms with van der Waals surface area (Å²) in [6.07, 6.45) is 6.51. The van der Waals surface area contributed by atoms with Crippen molar-refractivity contribution in [1.29, 1.82) is 0 Å². The Hall–Kier alpha value is -1.62. The fraction of sp³-hybridized carbons (Fsp3) is 0.500. The van der Waals surface area contributed by atoms with Crippen LogP contribution in [0.3, 0.4) is 0 Å². The van der Waals surface area contributed by atoms with E-state index in [1.54, 1.807) is 0 Å². The molecule has 17 heavy (non-hydrogen) atoms. The number of rotatable bonds is 5. The van der Waals surface area contributed by atoms with E-state index in [9.17, 15) is 0 Å². The van der Waals surface area contributed by atoms with Crippen LogP contribution in [0.25, 0.3) is 0 Å². The minimum atomic E-state index is 0.721. The number of nitrogens with zero attached hydrogens (tertiary/aromatic N) is 3. The molecule has 0 spiro atoms. The van der Waals surface area contributed by atoms with Gasteiger partial charge in [-0.2, -0.15) is 10.2 Å². The van der Waals surface area contributed by atoms with E-state index < -0.39 is 0 Å². The lowest BCUT2D eigenvalue weighted by atomic mass is 10.2. The summed E-state index contributed by atoms with van der Waals surface area (Å²) in [5, 5.41) is 14.9. The zero-order valence-electron chi connectivity index (χ0n) is 9.98. The smallest absolute Gasteiger partial charge is 0.0656 e. The van der Waals surface area contributed by atoms with Crippen molar-refractivity contribution in [2.75, 3.05) is 0 Å². The maximum absolute atomic E-state index is 4.33. The van der Waals surface area contributed by atoms with Gasteiger partial charge in [0.1, 0.15) is 0 Å².